The van der Waals surface area contributed by atoms with Crippen molar-refractivity contribution < 1.29 is 8.83 Å². The molecule has 0 saturated carbocycles. The quantitative estimate of drug-likeness (QED) is 0.588. The molecule has 10 heavy (non-hydrogen) atoms. The summed E-state index contributed by atoms with van der Waals surface area (Å²) in [6.07, 6.45) is 6.69. The van der Waals surface area contributed by atoms with E-state index in [0.717, 1.165) is 0 Å². The fraction of sp³-hybridized carbons (Fsp3) is 0. The maximum absolute atomic E-state index is 4.89. The first-order chi connectivity index (χ1) is 4.97. The molecule has 0 amide bonds. The monoisotopic (exact) mass is 135 g/mol. The van der Waals surface area contributed by atoms with Gasteiger partial charge in [-0.1, -0.05) is 0 Å². The predicted molar refractivity (Wildman–Crippen MR) is 30.8 cm³/mol. The van der Waals surface area contributed by atoms with Gasteiger partial charge in [-0.15, -0.1) is 0 Å². The molecule has 0 saturated heterocycles. The summed E-state index contributed by atoms with van der Waals surface area (Å²) >= 11 is 0. The molecule has 2 rings (SSSR count). The van der Waals surface area contributed by atoms with Crippen LogP contribution < -0.4 is 0 Å². The fourth-order valence-corrected chi connectivity index (χ4v) is 0.633. The number of rotatable bonds is 1. The Balaban J connectivity index is 2.48. The van der Waals surface area contributed by atoms with Crippen molar-refractivity contribution >= 4 is 0 Å². The van der Waals surface area contributed by atoms with E-state index >= 15 is 0 Å². The van der Waals surface area contributed by atoms with E-state index in [2.05, 4.69) is 16.2 Å². The number of oxazole rings is 2. The number of nitrogens with zero attached hydrogens (tertiary/aromatic N) is 2. The van der Waals surface area contributed by atoms with Crippen LogP contribution in [0.3, 0.4) is 0 Å². The van der Waals surface area contributed by atoms with Crippen LogP contribution >= 0.6 is 0 Å². The van der Waals surface area contributed by atoms with Crippen molar-refractivity contribution in [2.45, 2.75) is 0 Å². The van der Waals surface area contributed by atoms with E-state index in [9.17, 15) is 0 Å². The zero-order valence-corrected chi connectivity index (χ0v) is 4.94. The smallest absolute Gasteiger partial charge is 0.185 e. The van der Waals surface area contributed by atoms with E-state index in [1.165, 1.54) is 19.1 Å². The molecule has 2 aromatic heterocycles. The lowest BCUT2D eigenvalue weighted by Crippen LogP contribution is -1.69. The molecule has 0 unspecified atom stereocenters. The molecule has 4 heteroatoms. The van der Waals surface area contributed by atoms with E-state index in [4.69, 9.17) is 8.83 Å². The lowest BCUT2D eigenvalue weighted by molar-refractivity contribution is 0.554. The van der Waals surface area contributed by atoms with Gasteiger partial charge in [-0.05, 0) is 0 Å². The van der Waals surface area contributed by atoms with E-state index in [1.807, 2.05) is 0 Å². The van der Waals surface area contributed by atoms with Crippen molar-refractivity contribution in [3.8, 4) is 11.5 Å². The molecule has 49 valence electrons. The Labute approximate surface area is 56.5 Å². The first kappa shape index (κ1) is 5.22. The Morgan fingerprint density at radius 3 is 3.00 bits per heavy atom. The van der Waals surface area contributed by atoms with Crippen LogP contribution in [0.25, 0.3) is 11.5 Å². The average Bonchev–Trinajstić information content (AvgIpc) is 2.59. The maximum Gasteiger partial charge on any atom is 0.185 e. The Morgan fingerprint density at radius 1 is 1.40 bits per heavy atom. The molecule has 0 aliphatic carbocycles. The van der Waals surface area contributed by atoms with E-state index in [1.54, 1.807) is 0 Å². The minimum atomic E-state index is 0.494. The number of hydrogen-bond acceptors (Lipinski definition) is 4. The highest BCUT2D eigenvalue weighted by Crippen LogP contribution is 2.13. The van der Waals surface area contributed by atoms with Crippen molar-refractivity contribution in [2.75, 3.05) is 0 Å². The minimum Gasteiger partial charge on any atom is -0.451 e. The third-order valence-corrected chi connectivity index (χ3v) is 1.05. The van der Waals surface area contributed by atoms with Gasteiger partial charge in [-0.2, -0.15) is 0 Å². The third-order valence-electron chi connectivity index (χ3n) is 1.05. The molecule has 0 aliphatic rings. The Hall–Kier alpha value is -1.58. The molecule has 2 aromatic rings. The van der Waals surface area contributed by atoms with Gasteiger partial charge in [-0.25, -0.2) is 9.97 Å². The van der Waals surface area contributed by atoms with Gasteiger partial charge in [0.1, 0.15) is 18.2 Å². The van der Waals surface area contributed by atoms with Crippen LogP contribution in [0, 0.1) is 6.20 Å². The van der Waals surface area contributed by atoms with Crippen molar-refractivity contribution in [3.05, 3.63) is 25.2 Å². The van der Waals surface area contributed by atoms with Crippen LogP contribution in [0.5, 0.6) is 0 Å². The van der Waals surface area contributed by atoms with Crippen molar-refractivity contribution in [2.24, 2.45) is 0 Å². The third kappa shape index (κ3) is 0.699. The standard InChI is InChI=1S/C6H3N2O2/c1-6(10-3-7-1)5-2-9-4-8-5/h2-4H. The summed E-state index contributed by atoms with van der Waals surface area (Å²) in [7, 11) is 0. The zero-order chi connectivity index (χ0) is 6.81. The van der Waals surface area contributed by atoms with Crippen LogP contribution in [0.15, 0.2) is 27.9 Å². The summed E-state index contributed by atoms with van der Waals surface area (Å²) in [5.74, 6) is 0.494. The Bertz CT molecular complexity index is 253. The molecule has 0 bridgehead atoms. The zero-order valence-electron chi connectivity index (χ0n) is 4.94. The predicted octanol–water partition coefficient (Wildman–Crippen LogP) is 1.13. The van der Waals surface area contributed by atoms with Gasteiger partial charge < -0.3 is 8.83 Å². The second kappa shape index (κ2) is 1.98. The van der Waals surface area contributed by atoms with Gasteiger partial charge in [0.2, 0.25) is 0 Å². The van der Waals surface area contributed by atoms with Crippen LogP contribution in [0.1, 0.15) is 0 Å². The number of aromatic nitrogens is 2. The largest absolute Gasteiger partial charge is 0.451 e. The molecule has 4 nitrogen and oxygen atoms in total. The average molecular weight is 135 g/mol. The highest BCUT2D eigenvalue weighted by atomic mass is 16.3. The summed E-state index contributed by atoms with van der Waals surface area (Å²) in [6.45, 7) is 0. The molecule has 0 aliphatic heterocycles. The first-order valence-electron chi connectivity index (χ1n) is 2.66. The molecular weight excluding hydrogens is 132 g/mol. The minimum absolute atomic E-state index is 0.494. The summed E-state index contributed by atoms with van der Waals surface area (Å²) in [5, 5.41) is 0. The van der Waals surface area contributed by atoms with Gasteiger partial charge in [0.15, 0.2) is 18.5 Å². The lowest BCUT2D eigenvalue weighted by atomic mass is 10.4. The fourth-order valence-electron chi connectivity index (χ4n) is 0.633. The van der Waals surface area contributed by atoms with E-state index in [-0.39, 0.29) is 0 Å². The van der Waals surface area contributed by atoms with Crippen molar-refractivity contribution in [1.82, 2.24) is 9.97 Å². The van der Waals surface area contributed by atoms with Crippen molar-refractivity contribution in [3.63, 3.8) is 0 Å². The summed E-state index contributed by atoms with van der Waals surface area (Å²) in [5.41, 5.74) is 0.609. The molecular formula is C6H3N2O2. The second-order valence-corrected chi connectivity index (χ2v) is 1.67. The van der Waals surface area contributed by atoms with Crippen LogP contribution in [-0.4, -0.2) is 9.97 Å². The van der Waals surface area contributed by atoms with Crippen molar-refractivity contribution in [1.29, 1.82) is 0 Å². The molecule has 1 radical (unpaired) electrons. The Morgan fingerprint density at radius 2 is 2.40 bits per heavy atom. The van der Waals surface area contributed by atoms with Gasteiger partial charge in [0, 0.05) is 0 Å². The topological polar surface area (TPSA) is 52.1 Å². The highest BCUT2D eigenvalue weighted by Gasteiger charge is 2.02. The molecule has 0 atom stereocenters. The molecule has 0 spiro atoms. The summed E-state index contributed by atoms with van der Waals surface area (Å²) in [4.78, 5) is 7.43. The normalized spacial score (nSPS) is 10.0. The SMILES string of the molecule is [c]1ncoc1-c1cocn1. The Kier molecular flexibility index (Phi) is 1.04. The number of hydrogen-bond donors (Lipinski definition) is 0. The molecule has 2 heterocycles. The van der Waals surface area contributed by atoms with Gasteiger partial charge in [0.25, 0.3) is 0 Å². The highest BCUT2D eigenvalue weighted by molar-refractivity contribution is 5.46. The van der Waals surface area contributed by atoms with E-state index in [0.29, 0.717) is 11.5 Å². The van der Waals surface area contributed by atoms with Gasteiger partial charge in [-0.3, -0.25) is 0 Å². The first-order valence-corrected chi connectivity index (χ1v) is 2.66. The van der Waals surface area contributed by atoms with Gasteiger partial charge >= 0.3 is 0 Å². The van der Waals surface area contributed by atoms with Gasteiger partial charge in [0.05, 0.1) is 0 Å². The molecule has 0 aromatic carbocycles. The van der Waals surface area contributed by atoms with Crippen LogP contribution in [-0.2, 0) is 0 Å². The lowest BCUT2D eigenvalue weighted by Gasteiger charge is -1.79. The molecule has 0 N–H and O–H groups in total. The van der Waals surface area contributed by atoms with Crippen LogP contribution in [0.4, 0.5) is 0 Å². The van der Waals surface area contributed by atoms with Crippen LogP contribution in [0.2, 0.25) is 0 Å². The van der Waals surface area contributed by atoms with E-state index < -0.39 is 0 Å². The summed E-state index contributed by atoms with van der Waals surface area (Å²) in [6, 6.07) is 0. The maximum atomic E-state index is 4.89. The summed E-state index contributed by atoms with van der Waals surface area (Å²) < 4.78 is 9.61. The molecule has 0 fully saturated rings. The second-order valence-electron chi connectivity index (χ2n) is 1.67.